The number of carbonyl (C=O) groups is 1. The fourth-order valence-electron chi connectivity index (χ4n) is 3.92. The third-order valence-electron chi connectivity index (χ3n) is 5.30. The van der Waals surface area contributed by atoms with Gasteiger partial charge in [-0.1, -0.05) is 30.0 Å². The molecule has 4 aromatic rings. The van der Waals surface area contributed by atoms with Crippen LogP contribution in [0.3, 0.4) is 0 Å². The molecule has 0 atom stereocenters. The maximum Gasteiger partial charge on any atom is 0.338 e. The zero-order valence-corrected chi connectivity index (χ0v) is 18.9. The normalized spacial score (nSPS) is 13.4. The first-order valence-corrected chi connectivity index (χ1v) is 11.4. The van der Waals surface area contributed by atoms with Crippen molar-refractivity contribution in [2.45, 2.75) is 44.4 Å². The summed E-state index contributed by atoms with van der Waals surface area (Å²) in [4.78, 5) is 12.5. The van der Waals surface area contributed by atoms with Gasteiger partial charge in [0.25, 0.3) is 0 Å². The zero-order valence-electron chi connectivity index (χ0n) is 18.1. The second-order valence-electron chi connectivity index (χ2n) is 8.00. The molecule has 0 spiro atoms. The molecule has 0 N–H and O–H groups in total. The molecule has 32 heavy (non-hydrogen) atoms. The Morgan fingerprint density at radius 3 is 2.91 bits per heavy atom. The third-order valence-corrected chi connectivity index (χ3v) is 6.27. The van der Waals surface area contributed by atoms with E-state index in [0.29, 0.717) is 17.9 Å². The summed E-state index contributed by atoms with van der Waals surface area (Å²) in [5.74, 6) is 0.974. The van der Waals surface area contributed by atoms with Gasteiger partial charge in [0, 0.05) is 22.3 Å². The summed E-state index contributed by atoms with van der Waals surface area (Å²) >= 11 is 1.55. The van der Waals surface area contributed by atoms with Crippen LogP contribution in [0.1, 0.15) is 40.9 Å². The van der Waals surface area contributed by atoms with Gasteiger partial charge in [-0.15, -0.1) is 10.2 Å². The van der Waals surface area contributed by atoms with Crippen molar-refractivity contribution in [2.24, 2.45) is 0 Å². The summed E-state index contributed by atoms with van der Waals surface area (Å²) in [5.41, 5.74) is 5.28. The van der Waals surface area contributed by atoms with Gasteiger partial charge < -0.3 is 14.2 Å². The minimum absolute atomic E-state index is 0.192. The Hall–Kier alpha value is -3.10. The number of pyridine rings is 1. The number of carbonyl (C=O) groups excluding carboxylic acids is 1. The number of hydrogen-bond acceptors (Lipinski definition) is 7. The summed E-state index contributed by atoms with van der Waals surface area (Å²) in [6, 6.07) is 13.9. The Kier molecular flexibility index (Phi) is 5.48. The van der Waals surface area contributed by atoms with Gasteiger partial charge in [0.2, 0.25) is 0 Å². The van der Waals surface area contributed by atoms with Gasteiger partial charge in [0.15, 0.2) is 17.6 Å². The highest BCUT2D eigenvalue weighted by Gasteiger charge is 2.21. The number of hydrogen-bond donors (Lipinski definition) is 0. The number of benzene rings is 2. The van der Waals surface area contributed by atoms with Crippen molar-refractivity contribution < 1.29 is 19.0 Å². The van der Waals surface area contributed by atoms with E-state index in [1.54, 1.807) is 17.8 Å². The molecule has 3 heterocycles. The van der Waals surface area contributed by atoms with Crippen LogP contribution in [0.15, 0.2) is 47.6 Å². The lowest BCUT2D eigenvalue weighted by Crippen LogP contribution is -2.16. The maximum atomic E-state index is 12.5. The van der Waals surface area contributed by atoms with Crippen LogP contribution in [0.25, 0.3) is 16.6 Å². The Balaban J connectivity index is 1.51. The smallest absolute Gasteiger partial charge is 0.338 e. The molecule has 0 fully saturated rings. The Bertz CT molecular complexity index is 1330. The lowest BCUT2D eigenvalue weighted by Gasteiger charge is -2.21. The van der Waals surface area contributed by atoms with E-state index in [4.69, 9.17) is 14.2 Å². The number of ether oxygens (including phenoxy) is 3. The van der Waals surface area contributed by atoms with Crippen LogP contribution >= 0.6 is 11.8 Å². The second-order valence-corrected chi connectivity index (χ2v) is 8.94. The standard InChI is InChI=1S/C24H23N3O4S/c1-14(2)31-23(28)16-9-17-11-29-13-30-22(17)18(10-16)12-32-24-26-25-21-8-15(3)19-6-4-5-7-20(19)27(21)24/h4-10,14H,11-13H2,1-3H3. The van der Waals surface area contributed by atoms with Gasteiger partial charge >= 0.3 is 5.97 Å². The minimum atomic E-state index is -0.353. The van der Waals surface area contributed by atoms with Crippen molar-refractivity contribution in [2.75, 3.05) is 6.79 Å². The van der Waals surface area contributed by atoms with Crippen molar-refractivity contribution in [1.82, 2.24) is 14.6 Å². The summed E-state index contributed by atoms with van der Waals surface area (Å²) < 4.78 is 18.7. The number of thioether (sulfide) groups is 1. The Morgan fingerprint density at radius 1 is 1.22 bits per heavy atom. The highest BCUT2D eigenvalue weighted by Crippen LogP contribution is 2.35. The molecule has 0 aliphatic carbocycles. The van der Waals surface area contributed by atoms with Crippen LogP contribution in [-0.4, -0.2) is 33.5 Å². The van der Waals surface area contributed by atoms with Gasteiger partial charge in [-0.05, 0) is 50.6 Å². The van der Waals surface area contributed by atoms with Crippen molar-refractivity contribution in [3.63, 3.8) is 0 Å². The first-order valence-electron chi connectivity index (χ1n) is 10.4. The number of para-hydroxylation sites is 1. The first kappa shape index (κ1) is 20.8. The van der Waals surface area contributed by atoms with Crippen LogP contribution in [0.2, 0.25) is 0 Å². The van der Waals surface area contributed by atoms with E-state index in [1.807, 2.05) is 38.1 Å². The molecule has 0 bridgehead atoms. The largest absolute Gasteiger partial charge is 0.467 e. The van der Waals surface area contributed by atoms with E-state index in [9.17, 15) is 4.79 Å². The highest BCUT2D eigenvalue weighted by molar-refractivity contribution is 7.98. The molecule has 0 amide bonds. The summed E-state index contributed by atoms with van der Waals surface area (Å²) in [6.45, 7) is 6.34. The third kappa shape index (κ3) is 3.80. The number of aryl methyl sites for hydroxylation is 1. The summed E-state index contributed by atoms with van der Waals surface area (Å²) in [7, 11) is 0. The van der Waals surface area contributed by atoms with Crippen LogP contribution in [0, 0.1) is 6.92 Å². The van der Waals surface area contributed by atoms with Gasteiger partial charge in [0.05, 0.1) is 23.8 Å². The van der Waals surface area contributed by atoms with Crippen LogP contribution in [0.4, 0.5) is 0 Å². The van der Waals surface area contributed by atoms with Crippen LogP contribution in [-0.2, 0) is 21.8 Å². The monoisotopic (exact) mass is 449 g/mol. The summed E-state index contributed by atoms with van der Waals surface area (Å²) in [6.07, 6.45) is -0.192. The second kappa shape index (κ2) is 8.44. The topological polar surface area (TPSA) is 75.0 Å². The van der Waals surface area contributed by atoms with Gasteiger partial charge in [-0.2, -0.15) is 0 Å². The molecule has 2 aromatic heterocycles. The van der Waals surface area contributed by atoms with E-state index in [2.05, 4.69) is 33.7 Å². The molecule has 7 nitrogen and oxygen atoms in total. The predicted octanol–water partition coefficient (Wildman–Crippen LogP) is 4.91. The number of fused-ring (bicyclic) bond motifs is 4. The summed E-state index contributed by atoms with van der Waals surface area (Å²) in [5, 5.41) is 10.8. The predicted molar refractivity (Wildman–Crippen MR) is 122 cm³/mol. The Morgan fingerprint density at radius 2 is 2.06 bits per heavy atom. The van der Waals surface area contributed by atoms with E-state index in [1.165, 1.54) is 0 Å². The molecule has 2 aromatic carbocycles. The molecule has 0 radical (unpaired) electrons. The van der Waals surface area contributed by atoms with E-state index >= 15 is 0 Å². The highest BCUT2D eigenvalue weighted by atomic mass is 32.2. The molecule has 0 saturated carbocycles. The van der Waals surface area contributed by atoms with E-state index in [-0.39, 0.29) is 18.9 Å². The Labute approximate surface area is 189 Å². The molecule has 5 rings (SSSR count). The van der Waals surface area contributed by atoms with Crippen molar-refractivity contribution >= 4 is 34.3 Å². The van der Waals surface area contributed by atoms with Gasteiger partial charge in [-0.3, -0.25) is 4.40 Å². The molecule has 0 unspecified atom stereocenters. The fourth-order valence-corrected chi connectivity index (χ4v) is 4.84. The number of rotatable bonds is 5. The quantitative estimate of drug-likeness (QED) is 0.316. The average molecular weight is 450 g/mol. The molecule has 8 heteroatoms. The molecule has 1 aliphatic rings. The molecular weight excluding hydrogens is 426 g/mol. The number of aromatic nitrogens is 3. The molecule has 0 saturated heterocycles. The SMILES string of the molecule is Cc1cc2nnc(SCc3cc(C(=O)OC(C)C)cc4c3OCOC4)n2c2ccccc12. The lowest BCUT2D eigenvalue weighted by atomic mass is 10.0. The van der Waals surface area contributed by atoms with E-state index < -0.39 is 0 Å². The maximum absolute atomic E-state index is 12.5. The average Bonchev–Trinajstić information content (AvgIpc) is 3.19. The fraction of sp³-hybridized carbons (Fsp3) is 0.292. The van der Waals surface area contributed by atoms with E-state index in [0.717, 1.165) is 44.1 Å². The van der Waals surface area contributed by atoms with Crippen LogP contribution in [0.5, 0.6) is 5.75 Å². The van der Waals surface area contributed by atoms with Crippen LogP contribution < -0.4 is 4.74 Å². The van der Waals surface area contributed by atoms with Crippen molar-refractivity contribution in [3.8, 4) is 5.75 Å². The number of esters is 1. The molecule has 164 valence electrons. The first-order chi connectivity index (χ1) is 15.5. The van der Waals surface area contributed by atoms with Crippen molar-refractivity contribution in [3.05, 3.63) is 64.7 Å². The zero-order chi connectivity index (χ0) is 22.2. The van der Waals surface area contributed by atoms with Gasteiger partial charge in [0.1, 0.15) is 5.75 Å². The lowest BCUT2D eigenvalue weighted by molar-refractivity contribution is -0.0169. The molecule has 1 aliphatic heterocycles. The molecular formula is C24H23N3O4S. The van der Waals surface area contributed by atoms with Gasteiger partial charge in [-0.25, -0.2) is 4.79 Å². The minimum Gasteiger partial charge on any atom is -0.467 e. The number of nitrogens with zero attached hydrogens (tertiary/aromatic N) is 3. The van der Waals surface area contributed by atoms with Crippen molar-refractivity contribution in [1.29, 1.82) is 0 Å².